The molecule has 1 rings (SSSR count). The van der Waals surface area contributed by atoms with Crippen molar-refractivity contribution in [1.82, 2.24) is 0 Å². The molecule has 82 valence electrons. The predicted octanol–water partition coefficient (Wildman–Crippen LogP) is 2.37. The van der Waals surface area contributed by atoms with Gasteiger partial charge >= 0.3 is 5.97 Å². The lowest BCUT2D eigenvalue weighted by Gasteiger charge is -2.15. The Hall–Kier alpha value is -0.940. The van der Waals surface area contributed by atoms with Crippen molar-refractivity contribution in [1.29, 1.82) is 0 Å². The molecule has 5 heteroatoms. The van der Waals surface area contributed by atoms with E-state index in [1.54, 1.807) is 13.0 Å². The number of halogens is 2. The van der Waals surface area contributed by atoms with E-state index in [1.807, 2.05) is 0 Å². The zero-order valence-corrected chi connectivity index (χ0v) is 9.71. The molecule has 0 heterocycles. The highest BCUT2D eigenvalue weighted by atomic mass is 79.9. The second-order valence-corrected chi connectivity index (χ2v) is 4.09. The summed E-state index contributed by atoms with van der Waals surface area (Å²) in [5, 5.41) is 8.61. The summed E-state index contributed by atoms with van der Waals surface area (Å²) in [6, 6.07) is 2.20. The molecule has 1 aromatic rings. The van der Waals surface area contributed by atoms with Crippen LogP contribution >= 0.6 is 15.9 Å². The van der Waals surface area contributed by atoms with E-state index < -0.39 is 17.8 Å². The van der Waals surface area contributed by atoms with E-state index in [4.69, 9.17) is 10.8 Å². The van der Waals surface area contributed by atoms with Crippen LogP contribution in [0.1, 0.15) is 23.6 Å². The third kappa shape index (κ3) is 2.76. The van der Waals surface area contributed by atoms with E-state index in [2.05, 4.69) is 15.9 Å². The van der Waals surface area contributed by atoms with Gasteiger partial charge < -0.3 is 10.8 Å². The van der Waals surface area contributed by atoms with Crippen LogP contribution in [0, 0.1) is 12.7 Å². The van der Waals surface area contributed by atoms with E-state index in [9.17, 15) is 9.18 Å². The summed E-state index contributed by atoms with van der Waals surface area (Å²) in [5.41, 5.74) is 6.98. The molecule has 0 spiro atoms. The van der Waals surface area contributed by atoms with Crippen LogP contribution in [0.15, 0.2) is 16.6 Å². The fourth-order valence-electron chi connectivity index (χ4n) is 1.41. The Morgan fingerprint density at radius 3 is 2.80 bits per heavy atom. The number of aryl methyl sites for hydroxylation is 1. The SMILES string of the molecule is Cc1ccc(F)c(Br)c1C(N)CC(=O)O. The summed E-state index contributed by atoms with van der Waals surface area (Å²) in [6.07, 6.45) is -0.219. The molecule has 1 atom stereocenters. The molecule has 0 aromatic heterocycles. The Kier molecular flexibility index (Phi) is 3.82. The highest BCUT2D eigenvalue weighted by molar-refractivity contribution is 9.10. The third-order valence-corrected chi connectivity index (χ3v) is 2.92. The number of carbonyl (C=O) groups is 1. The van der Waals surface area contributed by atoms with Crippen LogP contribution in [-0.4, -0.2) is 11.1 Å². The highest BCUT2D eigenvalue weighted by Gasteiger charge is 2.18. The van der Waals surface area contributed by atoms with E-state index in [1.165, 1.54) is 6.07 Å². The Bertz CT molecular complexity index is 395. The minimum Gasteiger partial charge on any atom is -0.481 e. The number of aliphatic carboxylic acids is 1. The summed E-state index contributed by atoms with van der Waals surface area (Å²) in [6.45, 7) is 1.77. The molecule has 0 radical (unpaired) electrons. The van der Waals surface area contributed by atoms with Crippen molar-refractivity contribution >= 4 is 21.9 Å². The maximum Gasteiger partial charge on any atom is 0.305 e. The first kappa shape index (κ1) is 12.1. The monoisotopic (exact) mass is 275 g/mol. The number of nitrogens with two attached hydrogens (primary N) is 1. The molecule has 0 bridgehead atoms. The standard InChI is InChI=1S/C10H11BrFNO2/c1-5-2-3-6(12)10(11)9(5)7(13)4-8(14)15/h2-3,7H,4,13H2,1H3,(H,14,15). The van der Waals surface area contributed by atoms with Gasteiger partial charge in [-0.2, -0.15) is 0 Å². The first-order chi connectivity index (χ1) is 6.93. The topological polar surface area (TPSA) is 63.3 Å². The number of rotatable bonds is 3. The Morgan fingerprint density at radius 1 is 1.67 bits per heavy atom. The molecule has 0 amide bonds. The van der Waals surface area contributed by atoms with Gasteiger partial charge in [-0.3, -0.25) is 4.79 Å². The number of benzene rings is 1. The van der Waals surface area contributed by atoms with Crippen molar-refractivity contribution in [2.24, 2.45) is 5.73 Å². The van der Waals surface area contributed by atoms with Crippen LogP contribution in [0.2, 0.25) is 0 Å². The van der Waals surface area contributed by atoms with Gasteiger partial charge in [0.05, 0.1) is 10.9 Å². The fraction of sp³-hybridized carbons (Fsp3) is 0.300. The van der Waals surface area contributed by atoms with Crippen molar-refractivity contribution in [2.75, 3.05) is 0 Å². The highest BCUT2D eigenvalue weighted by Crippen LogP contribution is 2.29. The molecule has 1 unspecified atom stereocenters. The van der Waals surface area contributed by atoms with Crippen molar-refractivity contribution in [3.05, 3.63) is 33.5 Å². The van der Waals surface area contributed by atoms with Crippen molar-refractivity contribution in [2.45, 2.75) is 19.4 Å². The van der Waals surface area contributed by atoms with Crippen molar-refractivity contribution < 1.29 is 14.3 Å². The van der Waals surface area contributed by atoms with Crippen LogP contribution in [0.4, 0.5) is 4.39 Å². The van der Waals surface area contributed by atoms with Crippen LogP contribution < -0.4 is 5.73 Å². The van der Waals surface area contributed by atoms with Crippen LogP contribution in [0.5, 0.6) is 0 Å². The number of hydrogen-bond acceptors (Lipinski definition) is 2. The van der Waals surface area contributed by atoms with Crippen molar-refractivity contribution in [3.8, 4) is 0 Å². The smallest absolute Gasteiger partial charge is 0.305 e. The van der Waals surface area contributed by atoms with Gasteiger partial charge in [0.2, 0.25) is 0 Å². The second kappa shape index (κ2) is 4.72. The third-order valence-electron chi connectivity index (χ3n) is 2.12. The van der Waals surface area contributed by atoms with Crippen molar-refractivity contribution in [3.63, 3.8) is 0 Å². The Morgan fingerprint density at radius 2 is 2.27 bits per heavy atom. The lowest BCUT2D eigenvalue weighted by Crippen LogP contribution is -2.17. The number of carboxylic acids is 1. The predicted molar refractivity (Wildman–Crippen MR) is 58.0 cm³/mol. The van der Waals surface area contributed by atoms with Gasteiger partial charge in [0, 0.05) is 6.04 Å². The molecule has 3 nitrogen and oxygen atoms in total. The summed E-state index contributed by atoms with van der Waals surface area (Å²) in [7, 11) is 0. The maximum absolute atomic E-state index is 13.2. The maximum atomic E-state index is 13.2. The Labute approximate surface area is 95.2 Å². The van der Waals surface area contributed by atoms with Gasteiger partial charge in [-0.25, -0.2) is 4.39 Å². The summed E-state index contributed by atoms with van der Waals surface area (Å²) in [4.78, 5) is 10.5. The number of carboxylic acid groups (broad SMARTS) is 1. The molecule has 0 fully saturated rings. The molecule has 15 heavy (non-hydrogen) atoms. The summed E-state index contributed by atoms with van der Waals surface area (Å²) >= 11 is 3.07. The quantitative estimate of drug-likeness (QED) is 0.890. The summed E-state index contributed by atoms with van der Waals surface area (Å²) in [5.74, 6) is -1.44. The average Bonchev–Trinajstić information content (AvgIpc) is 2.11. The summed E-state index contributed by atoms with van der Waals surface area (Å²) < 4.78 is 13.5. The number of hydrogen-bond donors (Lipinski definition) is 2. The molecule has 0 aliphatic carbocycles. The molecule has 0 saturated carbocycles. The average molecular weight is 276 g/mol. The lowest BCUT2D eigenvalue weighted by atomic mass is 9.99. The van der Waals surface area contributed by atoms with E-state index in [-0.39, 0.29) is 10.9 Å². The van der Waals surface area contributed by atoms with Gasteiger partial charge in [-0.05, 0) is 40.0 Å². The van der Waals surface area contributed by atoms with Gasteiger partial charge in [0.1, 0.15) is 5.82 Å². The molecular weight excluding hydrogens is 265 g/mol. The lowest BCUT2D eigenvalue weighted by molar-refractivity contribution is -0.137. The fourth-order valence-corrected chi connectivity index (χ4v) is 2.15. The minimum atomic E-state index is -1.00. The molecule has 3 N–H and O–H groups in total. The van der Waals surface area contributed by atoms with E-state index >= 15 is 0 Å². The molecule has 1 aromatic carbocycles. The van der Waals surface area contributed by atoms with E-state index in [0.29, 0.717) is 5.56 Å². The largest absolute Gasteiger partial charge is 0.481 e. The van der Waals surface area contributed by atoms with Gasteiger partial charge in [-0.15, -0.1) is 0 Å². The molecule has 0 aliphatic heterocycles. The first-order valence-electron chi connectivity index (χ1n) is 4.35. The van der Waals surface area contributed by atoms with Gasteiger partial charge in [-0.1, -0.05) is 6.07 Å². The zero-order valence-electron chi connectivity index (χ0n) is 8.13. The normalized spacial score (nSPS) is 12.5. The van der Waals surface area contributed by atoms with Crippen LogP contribution in [0.3, 0.4) is 0 Å². The zero-order chi connectivity index (χ0) is 11.6. The van der Waals surface area contributed by atoms with Crippen LogP contribution in [-0.2, 0) is 4.79 Å². The van der Waals surface area contributed by atoms with Crippen LogP contribution in [0.25, 0.3) is 0 Å². The molecule has 0 aliphatic rings. The van der Waals surface area contributed by atoms with E-state index in [0.717, 1.165) is 5.56 Å². The second-order valence-electron chi connectivity index (χ2n) is 3.30. The Balaban J connectivity index is 3.12. The molecule has 0 saturated heterocycles. The van der Waals surface area contributed by atoms with Gasteiger partial charge in [0.15, 0.2) is 0 Å². The molecular formula is C10H11BrFNO2. The van der Waals surface area contributed by atoms with Gasteiger partial charge in [0.25, 0.3) is 0 Å². The first-order valence-corrected chi connectivity index (χ1v) is 5.14. The minimum absolute atomic E-state index is 0.219.